The topological polar surface area (TPSA) is 75.6 Å². The number of piperazine rings is 1. The summed E-state index contributed by atoms with van der Waals surface area (Å²) in [5, 5.41) is 11.0. The van der Waals surface area contributed by atoms with Gasteiger partial charge in [0.25, 0.3) is 0 Å². The highest BCUT2D eigenvalue weighted by molar-refractivity contribution is 5.75. The Morgan fingerprint density at radius 1 is 1.21 bits per heavy atom. The van der Waals surface area contributed by atoms with Gasteiger partial charge in [0, 0.05) is 26.2 Å². The van der Waals surface area contributed by atoms with Crippen LogP contribution in [0.2, 0.25) is 0 Å². The molecule has 0 aromatic heterocycles. The number of anilines is 2. The van der Waals surface area contributed by atoms with Crippen LogP contribution in [-0.2, 0) is 0 Å². The van der Waals surface area contributed by atoms with Crippen LogP contribution in [0.15, 0.2) is 18.2 Å². The Balaban J connectivity index is 0.000000861. The fourth-order valence-corrected chi connectivity index (χ4v) is 2.05. The van der Waals surface area contributed by atoms with E-state index in [1.165, 1.54) is 0 Å². The maximum atomic E-state index is 11.0. The molecule has 1 saturated heterocycles. The number of nitro groups is 1. The molecular formula is C13H22N4O2. The minimum Gasteiger partial charge on any atom is -0.393 e. The lowest BCUT2D eigenvalue weighted by atomic mass is 10.2. The minimum absolute atomic E-state index is 0.0250. The van der Waals surface area contributed by atoms with Crippen molar-refractivity contribution in [3.63, 3.8) is 0 Å². The number of benzene rings is 1. The molecule has 0 saturated carbocycles. The summed E-state index contributed by atoms with van der Waals surface area (Å²) in [7, 11) is 2.05. The highest BCUT2D eigenvalue weighted by Gasteiger charge is 2.24. The first-order valence-electron chi connectivity index (χ1n) is 6.56. The van der Waals surface area contributed by atoms with E-state index < -0.39 is 4.92 Å². The van der Waals surface area contributed by atoms with Gasteiger partial charge in [0.15, 0.2) is 0 Å². The minimum atomic E-state index is -0.400. The molecule has 0 radical (unpaired) electrons. The highest BCUT2D eigenvalue weighted by Crippen LogP contribution is 2.33. The molecule has 1 aromatic rings. The molecule has 2 N–H and O–H groups in total. The third kappa shape index (κ3) is 3.57. The fraction of sp³-hybridized carbons (Fsp3) is 0.538. The zero-order chi connectivity index (χ0) is 14.4. The van der Waals surface area contributed by atoms with Gasteiger partial charge < -0.3 is 15.5 Å². The molecule has 0 bridgehead atoms. The van der Waals surface area contributed by atoms with E-state index >= 15 is 0 Å². The van der Waals surface area contributed by atoms with Gasteiger partial charge in [-0.2, -0.15) is 0 Å². The predicted molar refractivity (Wildman–Crippen MR) is 78.6 cm³/mol. The van der Waals surface area contributed by atoms with Gasteiger partial charge in [0.2, 0.25) is 0 Å². The molecule has 0 atom stereocenters. The molecule has 0 aliphatic carbocycles. The first-order chi connectivity index (χ1) is 9.09. The van der Waals surface area contributed by atoms with Crippen LogP contribution in [0.5, 0.6) is 0 Å². The van der Waals surface area contributed by atoms with Crippen LogP contribution in [0.25, 0.3) is 0 Å². The van der Waals surface area contributed by atoms with Crippen molar-refractivity contribution in [3.8, 4) is 0 Å². The van der Waals surface area contributed by atoms with Gasteiger partial charge in [-0.25, -0.2) is 0 Å². The second kappa shape index (κ2) is 6.94. The quantitative estimate of drug-likeness (QED) is 0.503. The third-order valence-electron chi connectivity index (χ3n) is 3.07. The zero-order valence-electron chi connectivity index (χ0n) is 11.8. The molecule has 1 heterocycles. The summed E-state index contributed by atoms with van der Waals surface area (Å²) in [6.45, 7) is 7.40. The Labute approximate surface area is 113 Å². The van der Waals surface area contributed by atoms with Crippen molar-refractivity contribution in [1.29, 1.82) is 0 Å². The number of likely N-dealkylation sites (N-methyl/N-ethyl adjacent to an activating group) is 1. The molecular weight excluding hydrogens is 244 g/mol. The van der Waals surface area contributed by atoms with Crippen molar-refractivity contribution in [3.05, 3.63) is 28.3 Å². The number of hydrogen-bond acceptors (Lipinski definition) is 5. The summed E-state index contributed by atoms with van der Waals surface area (Å²) < 4.78 is 0. The molecule has 1 aliphatic heterocycles. The molecule has 0 amide bonds. The van der Waals surface area contributed by atoms with Crippen LogP contribution in [0.1, 0.15) is 13.8 Å². The first-order valence-corrected chi connectivity index (χ1v) is 6.56. The van der Waals surface area contributed by atoms with Crippen molar-refractivity contribution in [2.75, 3.05) is 43.9 Å². The predicted octanol–water partition coefficient (Wildman–Crippen LogP) is 1.96. The van der Waals surface area contributed by atoms with Crippen molar-refractivity contribution >= 4 is 17.1 Å². The van der Waals surface area contributed by atoms with Gasteiger partial charge >= 0.3 is 5.69 Å². The molecule has 0 unspecified atom stereocenters. The van der Waals surface area contributed by atoms with Crippen LogP contribution < -0.4 is 10.6 Å². The molecule has 106 valence electrons. The van der Waals surface area contributed by atoms with E-state index in [2.05, 4.69) is 4.90 Å². The summed E-state index contributed by atoms with van der Waals surface area (Å²) in [5.41, 5.74) is 6.56. The van der Waals surface area contributed by atoms with Gasteiger partial charge in [-0.1, -0.05) is 19.9 Å². The fourth-order valence-electron chi connectivity index (χ4n) is 2.05. The van der Waals surface area contributed by atoms with E-state index in [4.69, 9.17) is 5.73 Å². The largest absolute Gasteiger partial charge is 0.393 e. The second-order valence-corrected chi connectivity index (χ2v) is 4.26. The second-order valence-electron chi connectivity index (χ2n) is 4.26. The van der Waals surface area contributed by atoms with E-state index in [0.717, 1.165) is 26.2 Å². The number of nitrogens with two attached hydrogens (primary N) is 1. The van der Waals surface area contributed by atoms with Gasteiger partial charge in [-0.3, -0.25) is 10.1 Å². The zero-order valence-corrected chi connectivity index (χ0v) is 11.8. The number of hydrogen-bond donors (Lipinski definition) is 1. The molecule has 1 aromatic carbocycles. The van der Waals surface area contributed by atoms with Crippen molar-refractivity contribution in [1.82, 2.24) is 4.90 Å². The van der Waals surface area contributed by atoms with Crippen LogP contribution in [-0.4, -0.2) is 43.0 Å². The Kier molecular flexibility index (Phi) is 5.57. The summed E-state index contributed by atoms with van der Waals surface area (Å²) in [4.78, 5) is 14.9. The number of nitrogens with zero attached hydrogens (tertiary/aromatic N) is 3. The van der Waals surface area contributed by atoms with Crippen molar-refractivity contribution in [2.24, 2.45) is 0 Å². The lowest BCUT2D eigenvalue weighted by molar-refractivity contribution is -0.383. The number of nitro benzene ring substituents is 1. The van der Waals surface area contributed by atoms with Gasteiger partial charge in [-0.15, -0.1) is 0 Å². The average molecular weight is 266 g/mol. The number of para-hydroxylation sites is 1. The Morgan fingerprint density at radius 2 is 1.79 bits per heavy atom. The highest BCUT2D eigenvalue weighted by atomic mass is 16.6. The Bertz CT molecular complexity index is 429. The summed E-state index contributed by atoms with van der Waals surface area (Å²) in [5.74, 6) is 0. The standard InChI is InChI=1S/C11H16N4O2.C2H6/c1-13-5-7-14(8-6-13)10-4-2-3-9(12)11(10)15(16)17;1-2/h2-4H,5-8,12H2,1H3;1-2H3. The van der Waals surface area contributed by atoms with E-state index in [0.29, 0.717) is 5.69 Å². The average Bonchev–Trinajstić information content (AvgIpc) is 2.41. The number of rotatable bonds is 2. The third-order valence-corrected chi connectivity index (χ3v) is 3.07. The molecule has 1 fully saturated rings. The van der Waals surface area contributed by atoms with Crippen molar-refractivity contribution in [2.45, 2.75) is 13.8 Å². The maximum Gasteiger partial charge on any atom is 0.315 e. The molecule has 19 heavy (non-hydrogen) atoms. The molecule has 6 nitrogen and oxygen atoms in total. The van der Waals surface area contributed by atoms with E-state index in [1.54, 1.807) is 18.2 Å². The summed E-state index contributed by atoms with van der Waals surface area (Å²) in [6, 6.07) is 5.09. The van der Waals surface area contributed by atoms with E-state index in [1.807, 2.05) is 25.8 Å². The number of nitrogen functional groups attached to an aromatic ring is 1. The summed E-state index contributed by atoms with van der Waals surface area (Å²) >= 11 is 0. The molecule has 1 aliphatic rings. The Hall–Kier alpha value is -1.82. The van der Waals surface area contributed by atoms with Crippen molar-refractivity contribution < 1.29 is 4.92 Å². The molecule has 2 rings (SSSR count). The summed E-state index contributed by atoms with van der Waals surface area (Å²) in [6.07, 6.45) is 0. The van der Waals surface area contributed by atoms with Gasteiger partial charge in [-0.05, 0) is 19.2 Å². The van der Waals surface area contributed by atoms with Gasteiger partial charge in [0.05, 0.1) is 4.92 Å². The maximum absolute atomic E-state index is 11.0. The molecule has 0 spiro atoms. The lowest BCUT2D eigenvalue weighted by Crippen LogP contribution is -2.44. The first kappa shape index (κ1) is 15.2. The van der Waals surface area contributed by atoms with Crippen LogP contribution in [0, 0.1) is 10.1 Å². The monoisotopic (exact) mass is 266 g/mol. The van der Waals surface area contributed by atoms with E-state index in [-0.39, 0.29) is 11.4 Å². The molecule has 6 heteroatoms. The smallest absolute Gasteiger partial charge is 0.315 e. The normalized spacial score (nSPS) is 15.6. The van der Waals surface area contributed by atoms with Crippen LogP contribution >= 0.6 is 0 Å². The SMILES string of the molecule is CC.CN1CCN(c2cccc(N)c2[N+](=O)[O-])CC1. The van der Waals surface area contributed by atoms with Gasteiger partial charge in [0.1, 0.15) is 11.4 Å². The lowest BCUT2D eigenvalue weighted by Gasteiger charge is -2.33. The van der Waals surface area contributed by atoms with Crippen LogP contribution in [0.4, 0.5) is 17.1 Å². The van der Waals surface area contributed by atoms with Crippen LogP contribution in [0.3, 0.4) is 0 Å². The Morgan fingerprint density at radius 3 is 2.32 bits per heavy atom. The van der Waals surface area contributed by atoms with E-state index in [9.17, 15) is 10.1 Å².